The lowest BCUT2D eigenvalue weighted by Gasteiger charge is -2.05. The molecule has 2 rings (SSSR count). The molecule has 0 aliphatic rings. The number of carbonyl (C=O) groups is 1. The van der Waals surface area contributed by atoms with Gasteiger partial charge >= 0.3 is 5.97 Å². The number of pyridine rings is 1. The molecule has 2 aromatic rings. The summed E-state index contributed by atoms with van der Waals surface area (Å²) >= 11 is 5.83. The van der Waals surface area contributed by atoms with Crippen LogP contribution >= 0.6 is 11.6 Å². The van der Waals surface area contributed by atoms with E-state index in [1.807, 2.05) is 0 Å². The fourth-order valence-corrected chi connectivity index (χ4v) is 1.67. The van der Waals surface area contributed by atoms with Crippen molar-refractivity contribution in [3.8, 4) is 0 Å². The Hall–Kier alpha value is -1.75. The minimum absolute atomic E-state index is 0.0359. The van der Waals surface area contributed by atoms with Gasteiger partial charge in [-0.05, 0) is 12.1 Å². The number of nitrogens with zero attached hydrogens (tertiary/aromatic N) is 1. The molecule has 0 unspecified atom stereocenters. The van der Waals surface area contributed by atoms with E-state index in [1.165, 1.54) is 13.2 Å². The van der Waals surface area contributed by atoms with Crippen LogP contribution in [0.15, 0.2) is 18.2 Å². The molecular formula is C11H6ClF2NO2. The molecule has 0 radical (unpaired) electrons. The summed E-state index contributed by atoms with van der Waals surface area (Å²) in [6.07, 6.45) is 0. The number of halogens is 3. The minimum atomic E-state index is -0.882. The third kappa shape index (κ3) is 2.06. The Kier molecular flexibility index (Phi) is 2.93. The summed E-state index contributed by atoms with van der Waals surface area (Å²) in [4.78, 5) is 15.0. The lowest BCUT2D eigenvalue weighted by molar-refractivity contribution is 0.0594. The van der Waals surface area contributed by atoms with E-state index in [2.05, 4.69) is 9.72 Å². The first-order valence-corrected chi connectivity index (χ1v) is 4.94. The van der Waals surface area contributed by atoms with Gasteiger partial charge in [0.2, 0.25) is 0 Å². The first-order chi connectivity index (χ1) is 8.02. The second-order valence-corrected chi connectivity index (χ2v) is 3.67. The molecule has 0 N–H and O–H groups in total. The van der Waals surface area contributed by atoms with Crippen LogP contribution in [0.1, 0.15) is 10.5 Å². The highest BCUT2D eigenvalue weighted by molar-refractivity contribution is 6.35. The monoisotopic (exact) mass is 257 g/mol. The zero-order valence-corrected chi connectivity index (χ0v) is 9.39. The van der Waals surface area contributed by atoms with Gasteiger partial charge in [-0.3, -0.25) is 0 Å². The maximum atomic E-state index is 13.5. The van der Waals surface area contributed by atoms with Gasteiger partial charge in [0.1, 0.15) is 11.3 Å². The predicted molar refractivity (Wildman–Crippen MR) is 58.0 cm³/mol. The summed E-state index contributed by atoms with van der Waals surface area (Å²) in [5.74, 6) is -2.38. The molecule has 17 heavy (non-hydrogen) atoms. The second kappa shape index (κ2) is 4.25. The second-order valence-electron chi connectivity index (χ2n) is 3.26. The predicted octanol–water partition coefficient (Wildman–Crippen LogP) is 2.95. The number of benzene rings is 1. The molecule has 6 heteroatoms. The molecule has 88 valence electrons. The van der Waals surface area contributed by atoms with E-state index < -0.39 is 17.6 Å². The maximum Gasteiger partial charge on any atom is 0.356 e. The first-order valence-electron chi connectivity index (χ1n) is 4.56. The van der Waals surface area contributed by atoms with Crippen LogP contribution in [0.5, 0.6) is 0 Å². The van der Waals surface area contributed by atoms with E-state index in [0.29, 0.717) is 6.07 Å². The Balaban J connectivity index is 2.77. The van der Waals surface area contributed by atoms with E-state index in [9.17, 15) is 13.6 Å². The highest BCUT2D eigenvalue weighted by Crippen LogP contribution is 2.26. The average Bonchev–Trinajstić information content (AvgIpc) is 2.29. The molecule has 0 fully saturated rings. The van der Waals surface area contributed by atoms with Crippen LogP contribution in [-0.2, 0) is 4.74 Å². The van der Waals surface area contributed by atoms with Crippen LogP contribution in [0.25, 0.3) is 10.9 Å². The number of hydrogen-bond donors (Lipinski definition) is 0. The Labute approximate surface area is 100.0 Å². The number of esters is 1. The number of aromatic nitrogens is 1. The number of carbonyl (C=O) groups excluding carboxylic acids is 1. The number of methoxy groups -OCH3 is 1. The summed E-state index contributed by atoms with van der Waals surface area (Å²) in [5.41, 5.74) is -0.296. The topological polar surface area (TPSA) is 39.2 Å². The van der Waals surface area contributed by atoms with E-state index in [-0.39, 0.29) is 21.6 Å². The average molecular weight is 258 g/mol. The summed E-state index contributed by atoms with van der Waals surface area (Å²) in [7, 11) is 1.17. The molecule has 1 aromatic carbocycles. The molecule has 3 nitrogen and oxygen atoms in total. The Morgan fingerprint density at radius 2 is 2.06 bits per heavy atom. The van der Waals surface area contributed by atoms with Crippen LogP contribution in [-0.4, -0.2) is 18.1 Å². The molecular weight excluding hydrogens is 252 g/mol. The lowest BCUT2D eigenvalue weighted by atomic mass is 10.2. The van der Waals surface area contributed by atoms with Crippen molar-refractivity contribution >= 4 is 28.5 Å². The van der Waals surface area contributed by atoms with Crippen molar-refractivity contribution < 1.29 is 18.3 Å². The highest BCUT2D eigenvalue weighted by atomic mass is 35.5. The van der Waals surface area contributed by atoms with Gasteiger partial charge < -0.3 is 4.74 Å². The smallest absolute Gasteiger partial charge is 0.356 e. The van der Waals surface area contributed by atoms with Crippen molar-refractivity contribution in [2.75, 3.05) is 7.11 Å². The van der Waals surface area contributed by atoms with Gasteiger partial charge in [0.25, 0.3) is 0 Å². The standard InChI is InChI=1S/C11H6ClF2NO2/c1-17-11(16)9-4-7(12)6-2-5(13)3-8(14)10(6)15-9/h2-4H,1H3. The van der Waals surface area contributed by atoms with Crippen molar-refractivity contribution in [3.63, 3.8) is 0 Å². The fraction of sp³-hybridized carbons (Fsp3) is 0.0909. The van der Waals surface area contributed by atoms with Gasteiger partial charge in [-0.2, -0.15) is 0 Å². The maximum absolute atomic E-state index is 13.5. The molecule has 0 saturated carbocycles. The molecule has 1 heterocycles. The first kappa shape index (κ1) is 11.7. The summed E-state index contributed by atoms with van der Waals surface area (Å²) in [5, 5.41) is 0.144. The number of hydrogen-bond acceptors (Lipinski definition) is 3. The summed E-state index contributed by atoms with van der Waals surface area (Å²) in [6.45, 7) is 0. The van der Waals surface area contributed by atoms with Crippen molar-refractivity contribution in [2.45, 2.75) is 0 Å². The van der Waals surface area contributed by atoms with E-state index in [1.54, 1.807) is 0 Å². The normalized spacial score (nSPS) is 10.6. The quantitative estimate of drug-likeness (QED) is 0.738. The summed E-state index contributed by atoms with van der Waals surface area (Å²) < 4.78 is 30.9. The van der Waals surface area contributed by atoms with Gasteiger partial charge in [0, 0.05) is 11.5 Å². The molecule has 0 saturated heterocycles. The van der Waals surface area contributed by atoms with E-state index in [4.69, 9.17) is 11.6 Å². The Morgan fingerprint density at radius 3 is 2.71 bits per heavy atom. The summed E-state index contributed by atoms with van der Waals surface area (Å²) in [6, 6.07) is 2.93. The third-order valence-electron chi connectivity index (χ3n) is 2.18. The molecule has 0 bridgehead atoms. The van der Waals surface area contributed by atoms with Crippen LogP contribution < -0.4 is 0 Å². The van der Waals surface area contributed by atoms with Gasteiger partial charge in [-0.15, -0.1) is 0 Å². The van der Waals surface area contributed by atoms with Crippen molar-refractivity contribution in [1.29, 1.82) is 0 Å². The van der Waals surface area contributed by atoms with Crippen molar-refractivity contribution in [1.82, 2.24) is 4.98 Å². The highest BCUT2D eigenvalue weighted by Gasteiger charge is 2.14. The van der Waals surface area contributed by atoms with Crippen LogP contribution in [0, 0.1) is 11.6 Å². The van der Waals surface area contributed by atoms with Crippen LogP contribution in [0.2, 0.25) is 5.02 Å². The third-order valence-corrected chi connectivity index (χ3v) is 2.49. The Bertz CT molecular complexity index is 616. The SMILES string of the molecule is COC(=O)c1cc(Cl)c2cc(F)cc(F)c2n1. The van der Waals surface area contributed by atoms with Crippen molar-refractivity contribution in [2.24, 2.45) is 0 Å². The van der Waals surface area contributed by atoms with Crippen LogP contribution in [0.3, 0.4) is 0 Å². The molecule has 0 aliphatic carbocycles. The molecule has 1 aromatic heterocycles. The number of rotatable bonds is 1. The van der Waals surface area contributed by atoms with Gasteiger partial charge in [0.05, 0.1) is 12.1 Å². The lowest BCUT2D eigenvalue weighted by Crippen LogP contribution is -2.05. The minimum Gasteiger partial charge on any atom is -0.464 e. The Morgan fingerprint density at radius 1 is 1.35 bits per heavy atom. The zero-order valence-electron chi connectivity index (χ0n) is 8.63. The molecule has 0 amide bonds. The zero-order chi connectivity index (χ0) is 12.6. The molecule has 0 spiro atoms. The number of ether oxygens (including phenoxy) is 1. The van der Waals surface area contributed by atoms with Gasteiger partial charge in [-0.25, -0.2) is 18.6 Å². The van der Waals surface area contributed by atoms with Gasteiger partial charge in [-0.1, -0.05) is 11.6 Å². The molecule has 0 aliphatic heterocycles. The van der Waals surface area contributed by atoms with E-state index >= 15 is 0 Å². The van der Waals surface area contributed by atoms with Gasteiger partial charge in [0.15, 0.2) is 11.5 Å². The van der Waals surface area contributed by atoms with Crippen LogP contribution in [0.4, 0.5) is 8.78 Å². The fourth-order valence-electron chi connectivity index (χ4n) is 1.42. The largest absolute Gasteiger partial charge is 0.464 e. The van der Waals surface area contributed by atoms with E-state index in [0.717, 1.165) is 6.07 Å². The number of fused-ring (bicyclic) bond motifs is 1. The molecule has 0 atom stereocenters. The van der Waals surface area contributed by atoms with Crippen molar-refractivity contribution in [3.05, 3.63) is 40.6 Å².